The molecule has 0 amide bonds. The van der Waals surface area contributed by atoms with E-state index in [2.05, 4.69) is 14.7 Å². The van der Waals surface area contributed by atoms with E-state index in [-0.39, 0.29) is 12.0 Å². The van der Waals surface area contributed by atoms with E-state index in [1.165, 1.54) is 24.1 Å². The molecule has 3 aromatic rings. The van der Waals surface area contributed by atoms with Crippen LogP contribution in [0.1, 0.15) is 18.4 Å². The molecule has 0 bridgehead atoms. The molecule has 0 atom stereocenters. The molecule has 5 nitrogen and oxygen atoms in total. The molecule has 2 aromatic heterocycles. The van der Waals surface area contributed by atoms with Crippen LogP contribution in [0.2, 0.25) is 0 Å². The van der Waals surface area contributed by atoms with Gasteiger partial charge in [-0.1, -0.05) is 0 Å². The number of aromatic amines is 1. The van der Waals surface area contributed by atoms with E-state index in [1.807, 2.05) is 12.3 Å². The maximum Gasteiger partial charge on any atom is 0.552 e. The summed E-state index contributed by atoms with van der Waals surface area (Å²) in [5, 5.41) is 11.0. The summed E-state index contributed by atoms with van der Waals surface area (Å²) < 4.78 is 35.5. The lowest BCUT2D eigenvalue weighted by molar-refractivity contribution is 0.315. The molecule has 1 fully saturated rings. The van der Waals surface area contributed by atoms with Gasteiger partial charge < -0.3 is 14.7 Å². The second kappa shape index (κ2) is 6.91. The molecule has 3 N–H and O–H groups in total. The number of aromatic nitrogens is 2. The van der Waals surface area contributed by atoms with Gasteiger partial charge in [0.05, 0.1) is 11.1 Å². The Bertz CT molecular complexity index is 1080. The maximum absolute atomic E-state index is 13.8. The average molecular weight is 399 g/mol. The summed E-state index contributed by atoms with van der Waals surface area (Å²) in [6.45, 7) is 0. The molecule has 0 unspecified atom stereocenters. The van der Waals surface area contributed by atoms with E-state index in [1.54, 1.807) is 12.2 Å². The van der Waals surface area contributed by atoms with Crippen molar-refractivity contribution in [2.75, 3.05) is 0 Å². The molecular weight excluding hydrogens is 383 g/mol. The highest BCUT2D eigenvalue weighted by Crippen LogP contribution is 2.46. The number of pyridine rings is 1. The van der Waals surface area contributed by atoms with Crippen molar-refractivity contribution < 1.29 is 18.5 Å². The number of halogens is 2. The Hall–Kier alpha value is -2.36. The molecule has 1 aliphatic carbocycles. The fourth-order valence-corrected chi connectivity index (χ4v) is 4.57. The van der Waals surface area contributed by atoms with Crippen LogP contribution in [0, 0.1) is 17.6 Å². The van der Waals surface area contributed by atoms with Gasteiger partial charge in [-0.05, 0) is 60.5 Å². The lowest BCUT2D eigenvalue weighted by atomic mass is 9.68. The molecule has 0 spiro atoms. The third-order valence-electron chi connectivity index (χ3n) is 5.22. The number of allylic oxidation sites excluding steroid dienone is 1. The predicted octanol–water partition coefficient (Wildman–Crippen LogP) is 3.71. The van der Waals surface area contributed by atoms with Crippen LogP contribution in [0.25, 0.3) is 16.6 Å². The van der Waals surface area contributed by atoms with Crippen molar-refractivity contribution in [3.63, 3.8) is 0 Å². The first-order valence-corrected chi connectivity index (χ1v) is 9.80. The van der Waals surface area contributed by atoms with Gasteiger partial charge in [-0.25, -0.2) is 13.8 Å². The Morgan fingerprint density at radius 1 is 1.29 bits per heavy atom. The number of H-pyrrole nitrogens is 1. The molecule has 0 radical (unpaired) electrons. The molecule has 5 rings (SSSR count). The van der Waals surface area contributed by atoms with Crippen LogP contribution in [0.5, 0.6) is 5.75 Å². The largest absolute Gasteiger partial charge is 0.552 e. The highest BCUT2D eigenvalue weighted by atomic mass is 32.2. The van der Waals surface area contributed by atoms with Crippen molar-refractivity contribution in [3.05, 3.63) is 59.8 Å². The zero-order chi connectivity index (χ0) is 19.3. The number of benzene rings is 1. The second-order valence-electron chi connectivity index (χ2n) is 7.03. The van der Waals surface area contributed by atoms with Crippen molar-refractivity contribution >= 4 is 35.7 Å². The third-order valence-corrected chi connectivity index (χ3v) is 6.22. The van der Waals surface area contributed by atoms with Gasteiger partial charge in [0.25, 0.3) is 0 Å². The van der Waals surface area contributed by atoms with Gasteiger partial charge in [0.15, 0.2) is 0 Å². The van der Waals surface area contributed by atoms with Crippen LogP contribution in [-0.4, -0.2) is 28.2 Å². The summed E-state index contributed by atoms with van der Waals surface area (Å²) in [7, 11) is -0.990. The van der Waals surface area contributed by atoms with E-state index in [0.717, 1.165) is 41.1 Å². The van der Waals surface area contributed by atoms with Gasteiger partial charge in [0, 0.05) is 29.3 Å². The maximum atomic E-state index is 13.8. The monoisotopic (exact) mass is 399 g/mol. The molecule has 3 heterocycles. The molecule has 1 aromatic carbocycles. The first-order valence-electron chi connectivity index (χ1n) is 8.99. The number of hydrogen-bond acceptors (Lipinski definition) is 5. The SMILES string of the molecule is OB1C=C(C2CC(NSc3ccc(F)cc3F)C2)c2c(cnc3[nH]ccc23)O1. The molecule has 2 aliphatic rings. The lowest BCUT2D eigenvalue weighted by Gasteiger charge is -2.39. The second-order valence-corrected chi connectivity index (χ2v) is 7.91. The van der Waals surface area contributed by atoms with E-state index in [9.17, 15) is 13.8 Å². The van der Waals surface area contributed by atoms with Crippen molar-refractivity contribution in [1.82, 2.24) is 14.7 Å². The fourth-order valence-electron chi connectivity index (χ4n) is 3.79. The number of nitrogens with zero attached hydrogens (tertiary/aromatic N) is 1. The fraction of sp³-hybridized carbons (Fsp3) is 0.211. The normalized spacial score (nSPS) is 21.1. The van der Waals surface area contributed by atoms with Crippen molar-refractivity contribution in [2.45, 2.75) is 23.8 Å². The zero-order valence-corrected chi connectivity index (χ0v) is 15.5. The first kappa shape index (κ1) is 17.7. The minimum atomic E-state index is -0.990. The summed E-state index contributed by atoms with van der Waals surface area (Å²) in [5.74, 6) is 1.44. The minimum Gasteiger partial charge on any atom is -0.531 e. The van der Waals surface area contributed by atoms with E-state index in [4.69, 9.17) is 4.65 Å². The summed E-state index contributed by atoms with van der Waals surface area (Å²) in [5.41, 5.74) is 2.80. The molecule has 9 heteroatoms. The molecule has 28 heavy (non-hydrogen) atoms. The van der Waals surface area contributed by atoms with Crippen LogP contribution in [0.4, 0.5) is 8.78 Å². The Balaban J connectivity index is 1.30. The van der Waals surface area contributed by atoms with Crippen molar-refractivity contribution in [3.8, 4) is 5.75 Å². The van der Waals surface area contributed by atoms with E-state index in [0.29, 0.717) is 10.6 Å². The van der Waals surface area contributed by atoms with Gasteiger partial charge in [0.1, 0.15) is 23.0 Å². The van der Waals surface area contributed by atoms with E-state index >= 15 is 0 Å². The van der Waals surface area contributed by atoms with Crippen molar-refractivity contribution in [1.29, 1.82) is 0 Å². The molecular formula is C19H16BF2N3O2S. The molecule has 0 saturated heterocycles. The topological polar surface area (TPSA) is 70.2 Å². The predicted molar refractivity (Wildman–Crippen MR) is 105 cm³/mol. The minimum absolute atomic E-state index is 0.201. The molecule has 1 aliphatic heterocycles. The first-order chi connectivity index (χ1) is 13.6. The Kier molecular flexibility index (Phi) is 4.38. The van der Waals surface area contributed by atoms with Crippen LogP contribution in [0.15, 0.2) is 47.5 Å². The van der Waals surface area contributed by atoms with Gasteiger partial charge >= 0.3 is 7.12 Å². The summed E-state index contributed by atoms with van der Waals surface area (Å²) in [6.07, 6.45) is 5.16. The number of hydrogen-bond donors (Lipinski definition) is 3. The van der Waals surface area contributed by atoms with Gasteiger partial charge in [-0.3, -0.25) is 4.72 Å². The molecule has 1 saturated carbocycles. The van der Waals surface area contributed by atoms with Gasteiger partial charge in [-0.2, -0.15) is 0 Å². The van der Waals surface area contributed by atoms with Crippen LogP contribution < -0.4 is 9.38 Å². The lowest BCUT2D eigenvalue weighted by Crippen LogP contribution is -2.39. The van der Waals surface area contributed by atoms with Crippen molar-refractivity contribution in [2.24, 2.45) is 5.92 Å². The van der Waals surface area contributed by atoms with Gasteiger partial charge in [-0.15, -0.1) is 0 Å². The summed E-state index contributed by atoms with van der Waals surface area (Å²) >= 11 is 1.18. The average Bonchev–Trinajstić information content (AvgIpc) is 3.10. The summed E-state index contributed by atoms with van der Waals surface area (Å²) in [4.78, 5) is 7.79. The summed E-state index contributed by atoms with van der Waals surface area (Å²) in [6, 6.07) is 5.72. The number of nitrogens with one attached hydrogen (secondary N) is 2. The Morgan fingerprint density at radius 3 is 2.96 bits per heavy atom. The smallest absolute Gasteiger partial charge is 0.531 e. The number of rotatable bonds is 4. The van der Waals surface area contributed by atoms with Gasteiger partial charge in [0.2, 0.25) is 0 Å². The van der Waals surface area contributed by atoms with Crippen LogP contribution in [-0.2, 0) is 0 Å². The van der Waals surface area contributed by atoms with Crippen LogP contribution >= 0.6 is 11.9 Å². The highest BCUT2D eigenvalue weighted by molar-refractivity contribution is 7.97. The van der Waals surface area contributed by atoms with Crippen LogP contribution in [0.3, 0.4) is 0 Å². The Labute approximate surface area is 164 Å². The zero-order valence-electron chi connectivity index (χ0n) is 14.7. The Morgan fingerprint density at radius 2 is 2.14 bits per heavy atom. The standard InChI is InChI=1S/C19H16BF2N3O2S/c21-11-1-2-17(15(22)7-11)28-25-12-5-10(6-12)14-8-20(26)27-16-9-24-19-13(18(14)16)3-4-23-19/h1-4,7-10,12,25-26H,5-6H2,(H,23,24). The molecule has 142 valence electrons. The third kappa shape index (κ3) is 3.09. The number of fused-ring (bicyclic) bond motifs is 3. The van der Waals surface area contributed by atoms with E-state index < -0.39 is 18.8 Å². The highest BCUT2D eigenvalue weighted by Gasteiger charge is 2.37. The quantitative estimate of drug-likeness (QED) is 0.461.